The molecule has 3 aliphatic rings. The molecule has 0 amide bonds. The van der Waals surface area contributed by atoms with E-state index >= 15 is 0 Å². The molecule has 1 unspecified atom stereocenters. The van der Waals surface area contributed by atoms with Gasteiger partial charge >= 0.3 is 0 Å². The van der Waals surface area contributed by atoms with E-state index in [1.54, 1.807) is 5.57 Å². The third-order valence-corrected chi connectivity index (χ3v) is 4.52. The molecule has 1 aromatic rings. The monoisotopic (exact) mass is 258 g/mol. The molecule has 1 aromatic carbocycles. The topological polar surface area (TPSA) is 0 Å². The number of hydrogen-bond acceptors (Lipinski definition) is 0. The second-order valence-electron chi connectivity index (χ2n) is 5.66. The Kier molecular flexibility index (Phi) is 2.81. The Bertz CT molecular complexity index is 693. The smallest absolute Gasteiger partial charge is 0.0107 e. The van der Waals surface area contributed by atoms with Crippen molar-refractivity contribution in [2.24, 2.45) is 0 Å². The highest BCUT2D eigenvalue weighted by molar-refractivity contribution is 5.88. The number of fused-ring (bicyclic) bond motifs is 3. The zero-order chi connectivity index (χ0) is 13.4. The van der Waals surface area contributed by atoms with Crippen molar-refractivity contribution < 1.29 is 0 Å². The second kappa shape index (κ2) is 4.79. The summed E-state index contributed by atoms with van der Waals surface area (Å²) >= 11 is 0. The van der Waals surface area contributed by atoms with Gasteiger partial charge in [0.25, 0.3) is 0 Å². The highest BCUT2D eigenvalue weighted by atomic mass is 14.3. The van der Waals surface area contributed by atoms with Gasteiger partial charge in [-0.25, -0.2) is 0 Å². The first-order valence-corrected chi connectivity index (χ1v) is 7.48. The first-order chi connectivity index (χ1) is 9.95. The van der Waals surface area contributed by atoms with Crippen LogP contribution in [0.3, 0.4) is 0 Å². The molecule has 0 spiro atoms. The minimum absolute atomic E-state index is 0.577. The van der Waals surface area contributed by atoms with Gasteiger partial charge in [-0.1, -0.05) is 66.8 Å². The van der Waals surface area contributed by atoms with Crippen molar-refractivity contribution in [1.82, 2.24) is 0 Å². The fourth-order valence-corrected chi connectivity index (χ4v) is 3.66. The standard InChI is InChI=1S/C20H18/c1-3-9-15-10-4-2-6-14-19-17-12-8-7-11-16(17)18(13-5-1)20(15)19/h1-5,7-9,11-13,19H,6,10,14H2/b3-1-,4-2-,5-1?,9-3?,13-5-,15-9-,18-13?,20-15?. The summed E-state index contributed by atoms with van der Waals surface area (Å²) < 4.78 is 0. The van der Waals surface area contributed by atoms with Crippen molar-refractivity contribution in [3.05, 3.63) is 89.1 Å². The molecule has 0 heterocycles. The molecule has 0 saturated heterocycles. The molecule has 0 heteroatoms. The number of rotatable bonds is 0. The van der Waals surface area contributed by atoms with Gasteiger partial charge in [-0.3, -0.25) is 0 Å². The van der Waals surface area contributed by atoms with Gasteiger partial charge in [-0.15, -0.1) is 0 Å². The van der Waals surface area contributed by atoms with E-state index in [1.165, 1.54) is 35.1 Å². The van der Waals surface area contributed by atoms with E-state index in [0.29, 0.717) is 5.92 Å². The molecule has 0 aliphatic heterocycles. The molecule has 0 N–H and O–H groups in total. The molecule has 0 fully saturated rings. The van der Waals surface area contributed by atoms with E-state index in [2.05, 4.69) is 66.8 Å². The quantitative estimate of drug-likeness (QED) is 0.552. The maximum atomic E-state index is 2.34. The normalized spacial score (nSPS) is 30.8. The molecule has 0 radical (unpaired) electrons. The van der Waals surface area contributed by atoms with Gasteiger partial charge in [0, 0.05) is 5.92 Å². The first-order valence-electron chi connectivity index (χ1n) is 7.48. The van der Waals surface area contributed by atoms with Crippen LogP contribution in [0, 0.1) is 0 Å². The predicted octanol–water partition coefficient (Wildman–Crippen LogP) is 5.33. The Morgan fingerprint density at radius 3 is 2.90 bits per heavy atom. The lowest BCUT2D eigenvalue weighted by molar-refractivity contribution is 0.720. The summed E-state index contributed by atoms with van der Waals surface area (Å²) in [6.07, 6.45) is 19.2. The molecule has 98 valence electrons. The molecule has 0 nitrogen and oxygen atoms in total. The summed E-state index contributed by atoms with van der Waals surface area (Å²) in [7, 11) is 0. The minimum atomic E-state index is 0.577. The van der Waals surface area contributed by atoms with Crippen LogP contribution >= 0.6 is 0 Å². The van der Waals surface area contributed by atoms with Crippen molar-refractivity contribution in [1.29, 1.82) is 0 Å². The Labute approximate surface area is 120 Å². The van der Waals surface area contributed by atoms with Gasteiger partial charge in [0.15, 0.2) is 0 Å². The lowest BCUT2D eigenvalue weighted by atomic mass is 9.83. The van der Waals surface area contributed by atoms with Gasteiger partial charge in [-0.05, 0) is 47.1 Å². The molecular formula is C20H18. The van der Waals surface area contributed by atoms with Gasteiger partial charge in [0.2, 0.25) is 0 Å². The first kappa shape index (κ1) is 11.7. The van der Waals surface area contributed by atoms with Crippen LogP contribution in [0.1, 0.15) is 36.3 Å². The van der Waals surface area contributed by atoms with Crippen LogP contribution < -0.4 is 0 Å². The molecule has 0 aromatic heterocycles. The van der Waals surface area contributed by atoms with Crippen molar-refractivity contribution in [2.75, 3.05) is 0 Å². The maximum absolute atomic E-state index is 2.34. The van der Waals surface area contributed by atoms with Crippen molar-refractivity contribution in [3.63, 3.8) is 0 Å². The van der Waals surface area contributed by atoms with E-state index in [9.17, 15) is 0 Å². The molecule has 4 rings (SSSR count). The van der Waals surface area contributed by atoms with Crippen LogP contribution in [0.25, 0.3) is 5.57 Å². The van der Waals surface area contributed by atoms with Gasteiger partial charge in [-0.2, -0.15) is 0 Å². The van der Waals surface area contributed by atoms with Crippen LogP contribution in [0.2, 0.25) is 0 Å². The fourth-order valence-electron chi connectivity index (χ4n) is 3.66. The van der Waals surface area contributed by atoms with Crippen LogP contribution in [0.15, 0.2) is 77.9 Å². The van der Waals surface area contributed by atoms with Crippen molar-refractivity contribution >= 4 is 5.57 Å². The maximum Gasteiger partial charge on any atom is 0.0107 e. The van der Waals surface area contributed by atoms with E-state index in [1.807, 2.05) is 0 Å². The average molecular weight is 258 g/mol. The average Bonchev–Trinajstić information content (AvgIpc) is 2.72. The molecular weight excluding hydrogens is 240 g/mol. The number of allylic oxidation sites excluding steroid dienone is 10. The second-order valence-corrected chi connectivity index (χ2v) is 5.66. The van der Waals surface area contributed by atoms with E-state index in [0.717, 1.165) is 6.42 Å². The summed E-state index contributed by atoms with van der Waals surface area (Å²) in [6.45, 7) is 0. The lowest BCUT2D eigenvalue weighted by Crippen LogP contribution is -2.03. The third kappa shape index (κ3) is 1.76. The highest BCUT2D eigenvalue weighted by Crippen LogP contribution is 2.49. The zero-order valence-corrected chi connectivity index (χ0v) is 11.5. The molecule has 0 bridgehead atoms. The largest absolute Gasteiger partial charge is 0.0882 e. The predicted molar refractivity (Wildman–Crippen MR) is 85.5 cm³/mol. The lowest BCUT2D eigenvalue weighted by Gasteiger charge is -2.20. The highest BCUT2D eigenvalue weighted by Gasteiger charge is 2.31. The molecule has 1 atom stereocenters. The minimum Gasteiger partial charge on any atom is -0.0882 e. The Balaban J connectivity index is 1.98. The molecule has 20 heavy (non-hydrogen) atoms. The van der Waals surface area contributed by atoms with E-state index in [4.69, 9.17) is 0 Å². The number of benzene rings is 1. The third-order valence-electron chi connectivity index (χ3n) is 4.52. The molecule has 3 aliphatic carbocycles. The zero-order valence-electron chi connectivity index (χ0n) is 11.5. The van der Waals surface area contributed by atoms with Crippen LogP contribution in [0.4, 0.5) is 0 Å². The van der Waals surface area contributed by atoms with E-state index in [-0.39, 0.29) is 0 Å². The summed E-state index contributed by atoms with van der Waals surface area (Å²) in [6, 6.07) is 8.94. The summed E-state index contributed by atoms with van der Waals surface area (Å²) in [5.41, 5.74) is 7.45. The van der Waals surface area contributed by atoms with Gasteiger partial charge < -0.3 is 0 Å². The van der Waals surface area contributed by atoms with Gasteiger partial charge in [0.05, 0.1) is 0 Å². The van der Waals surface area contributed by atoms with Crippen LogP contribution in [0.5, 0.6) is 0 Å². The summed E-state index contributed by atoms with van der Waals surface area (Å²) in [5.74, 6) is 0.577. The van der Waals surface area contributed by atoms with Gasteiger partial charge in [0.1, 0.15) is 0 Å². The molecule has 0 saturated carbocycles. The Morgan fingerprint density at radius 1 is 0.950 bits per heavy atom. The van der Waals surface area contributed by atoms with Crippen molar-refractivity contribution in [2.45, 2.75) is 25.2 Å². The van der Waals surface area contributed by atoms with Crippen molar-refractivity contribution in [3.8, 4) is 0 Å². The van der Waals surface area contributed by atoms with Crippen LogP contribution in [-0.2, 0) is 0 Å². The summed E-state index contributed by atoms with van der Waals surface area (Å²) in [5, 5.41) is 0. The van der Waals surface area contributed by atoms with E-state index < -0.39 is 0 Å². The Hall–Kier alpha value is -2.08. The Morgan fingerprint density at radius 2 is 1.90 bits per heavy atom. The fraction of sp³-hybridized carbons (Fsp3) is 0.200. The summed E-state index contributed by atoms with van der Waals surface area (Å²) in [4.78, 5) is 0. The van der Waals surface area contributed by atoms with Crippen LogP contribution in [-0.4, -0.2) is 0 Å². The SMILES string of the molecule is C1=C\C=C2\C/C=C\CCC3C2=C(\C=C/1)c1ccccc13. The number of hydrogen-bond donors (Lipinski definition) is 0.